The fourth-order valence-electron chi connectivity index (χ4n) is 2.97. The van der Waals surface area contributed by atoms with Gasteiger partial charge in [0.2, 0.25) is 5.78 Å². The molecule has 0 N–H and O–H groups in total. The summed E-state index contributed by atoms with van der Waals surface area (Å²) < 4.78 is 11.4. The fraction of sp³-hybridized carbons (Fsp3) is 0.381. The average molecular weight is 366 g/mol. The quantitative estimate of drug-likeness (QED) is 0.407. The van der Waals surface area contributed by atoms with Crippen molar-refractivity contribution in [3.63, 3.8) is 0 Å². The van der Waals surface area contributed by atoms with Crippen LogP contribution in [0.3, 0.4) is 0 Å². The Morgan fingerprint density at radius 1 is 1.08 bits per heavy atom. The topological polar surface area (TPSA) is 35.5 Å². The smallest absolute Gasteiger partial charge is 1.00 e. The van der Waals surface area contributed by atoms with Gasteiger partial charge in [0.15, 0.2) is 6.10 Å². The summed E-state index contributed by atoms with van der Waals surface area (Å²) in [6.45, 7) is 10.7. The van der Waals surface area contributed by atoms with Gasteiger partial charge in [0.05, 0.1) is 0 Å². The van der Waals surface area contributed by atoms with Gasteiger partial charge >= 0.3 is 18.9 Å². The van der Waals surface area contributed by atoms with E-state index in [1.54, 1.807) is 0 Å². The Labute approximate surface area is 172 Å². The van der Waals surface area contributed by atoms with E-state index in [4.69, 9.17) is 9.26 Å². The van der Waals surface area contributed by atoms with E-state index >= 15 is 0 Å². The van der Waals surface area contributed by atoms with E-state index in [9.17, 15) is 4.79 Å². The first kappa shape index (κ1) is 22.9. The molecule has 0 spiro atoms. The number of carbonyl (C=O) groups excluding carboxylic acids is 1. The molecule has 0 saturated carbocycles. The van der Waals surface area contributed by atoms with Crippen LogP contribution in [-0.2, 0) is 4.52 Å². The number of hydrogen-bond acceptors (Lipinski definition) is 3. The van der Waals surface area contributed by atoms with Crippen LogP contribution in [0.2, 0.25) is 0 Å². The number of carbonyl (C=O) groups is 1. The van der Waals surface area contributed by atoms with Crippen molar-refractivity contribution in [2.24, 2.45) is 0 Å². The number of benzene rings is 2. The van der Waals surface area contributed by atoms with E-state index in [1.165, 1.54) is 5.56 Å². The molecule has 0 amide bonds. The SMILES string of the molecule is CCOPc1ccc(OC(CC)C(=O)c2c(C)cc(C)cc2C)cc1.[H-].[Li+]. The molecule has 2 atom stereocenters. The molecule has 0 aliphatic heterocycles. The molecule has 2 aromatic rings. The molecule has 0 aromatic heterocycles. The molecular formula is C21H28LiO3P. The molecule has 3 nitrogen and oxygen atoms in total. The Morgan fingerprint density at radius 2 is 1.65 bits per heavy atom. The summed E-state index contributed by atoms with van der Waals surface area (Å²) in [5.74, 6) is 0.769. The van der Waals surface area contributed by atoms with Gasteiger partial charge in [-0.25, -0.2) is 0 Å². The number of rotatable bonds is 8. The first-order valence-corrected chi connectivity index (χ1v) is 9.63. The second kappa shape index (κ2) is 10.9. The number of aryl methyl sites for hydroxylation is 3. The number of hydrogen-bond donors (Lipinski definition) is 0. The van der Waals surface area contributed by atoms with E-state index in [-0.39, 0.29) is 26.1 Å². The molecule has 0 radical (unpaired) electrons. The molecule has 0 heterocycles. The molecule has 0 bridgehead atoms. The third-order valence-corrected chi connectivity index (χ3v) is 5.06. The molecule has 0 aliphatic carbocycles. The number of ketones is 1. The average Bonchev–Trinajstić information content (AvgIpc) is 2.57. The van der Waals surface area contributed by atoms with Crippen molar-refractivity contribution in [2.45, 2.75) is 47.1 Å². The zero-order valence-corrected chi connectivity index (χ0v) is 17.7. The van der Waals surface area contributed by atoms with Gasteiger partial charge in [0.25, 0.3) is 0 Å². The molecule has 0 saturated heterocycles. The van der Waals surface area contributed by atoms with Crippen molar-refractivity contribution < 1.29 is 34.3 Å². The maximum absolute atomic E-state index is 13.0. The minimum Gasteiger partial charge on any atom is -1.00 e. The summed E-state index contributed by atoms with van der Waals surface area (Å²) in [6.07, 6.45) is 0.161. The van der Waals surface area contributed by atoms with Crippen LogP contribution in [-0.4, -0.2) is 18.5 Å². The first-order chi connectivity index (χ1) is 12.0. The zero-order valence-electron chi connectivity index (χ0n) is 17.7. The Kier molecular flexibility index (Phi) is 9.62. The maximum atomic E-state index is 13.0. The van der Waals surface area contributed by atoms with Gasteiger partial charge in [-0.05, 0) is 74.8 Å². The van der Waals surface area contributed by atoms with Gasteiger partial charge in [0, 0.05) is 21.0 Å². The van der Waals surface area contributed by atoms with Gasteiger partial charge in [-0.2, -0.15) is 0 Å². The molecule has 0 aliphatic rings. The summed E-state index contributed by atoms with van der Waals surface area (Å²) in [5.41, 5.74) is 3.98. The van der Waals surface area contributed by atoms with Crippen LogP contribution in [0.15, 0.2) is 36.4 Å². The summed E-state index contributed by atoms with van der Waals surface area (Å²) >= 11 is 0. The zero-order chi connectivity index (χ0) is 18.4. The van der Waals surface area contributed by atoms with Crippen LogP contribution < -0.4 is 28.9 Å². The third kappa shape index (κ3) is 5.97. The molecular weight excluding hydrogens is 338 g/mol. The van der Waals surface area contributed by atoms with Gasteiger partial charge in [-0.3, -0.25) is 4.79 Å². The van der Waals surface area contributed by atoms with E-state index < -0.39 is 6.10 Å². The van der Waals surface area contributed by atoms with E-state index in [1.807, 2.05) is 58.9 Å². The van der Waals surface area contributed by atoms with Crippen molar-refractivity contribution in [2.75, 3.05) is 6.61 Å². The normalized spacial score (nSPS) is 12.0. The molecule has 0 fully saturated rings. The van der Waals surface area contributed by atoms with Crippen molar-refractivity contribution >= 4 is 19.9 Å². The van der Waals surface area contributed by atoms with Gasteiger partial charge in [-0.1, -0.05) is 24.6 Å². The number of Topliss-reactive ketones (excluding diaryl/α,β-unsaturated/α-hetero) is 1. The van der Waals surface area contributed by atoms with Gasteiger partial charge in [-0.15, -0.1) is 0 Å². The van der Waals surface area contributed by atoms with E-state index in [0.717, 1.165) is 22.0 Å². The Morgan fingerprint density at radius 3 is 2.15 bits per heavy atom. The summed E-state index contributed by atoms with van der Waals surface area (Å²) in [7, 11) is 0.343. The second-order valence-electron chi connectivity index (χ2n) is 6.21. The largest absolute Gasteiger partial charge is 1.00 e. The second-order valence-corrected chi connectivity index (χ2v) is 7.28. The van der Waals surface area contributed by atoms with Crippen molar-refractivity contribution in [1.29, 1.82) is 0 Å². The molecule has 2 aromatic carbocycles. The predicted molar refractivity (Wildman–Crippen MR) is 107 cm³/mol. The Hall–Kier alpha value is -1.10. The molecule has 2 unspecified atom stereocenters. The fourth-order valence-corrected chi connectivity index (χ4v) is 3.59. The summed E-state index contributed by atoms with van der Waals surface area (Å²) in [5, 5.41) is 1.12. The molecule has 136 valence electrons. The molecule has 2 rings (SSSR count). The van der Waals surface area contributed by atoms with Crippen molar-refractivity contribution in [1.82, 2.24) is 0 Å². The first-order valence-electron chi connectivity index (χ1n) is 8.72. The van der Waals surface area contributed by atoms with E-state index in [0.29, 0.717) is 27.6 Å². The third-order valence-electron chi connectivity index (χ3n) is 4.05. The van der Waals surface area contributed by atoms with Crippen LogP contribution in [0, 0.1) is 20.8 Å². The van der Waals surface area contributed by atoms with Crippen LogP contribution in [0.1, 0.15) is 48.7 Å². The van der Waals surface area contributed by atoms with Crippen LogP contribution in [0.25, 0.3) is 0 Å². The predicted octanol–water partition coefficient (Wildman–Crippen LogP) is 2.02. The minimum atomic E-state index is -0.472. The maximum Gasteiger partial charge on any atom is 1.00 e. The Bertz CT molecular complexity index is 712. The molecule has 5 heteroatoms. The van der Waals surface area contributed by atoms with Gasteiger partial charge in [0.1, 0.15) is 5.75 Å². The van der Waals surface area contributed by atoms with Crippen LogP contribution in [0.5, 0.6) is 5.75 Å². The van der Waals surface area contributed by atoms with Gasteiger partial charge < -0.3 is 10.7 Å². The summed E-state index contributed by atoms with van der Waals surface area (Å²) in [6, 6.07) is 11.9. The monoisotopic (exact) mass is 366 g/mol. The van der Waals surface area contributed by atoms with E-state index in [2.05, 4.69) is 12.1 Å². The van der Waals surface area contributed by atoms with Crippen molar-refractivity contribution in [3.05, 3.63) is 58.7 Å². The standard InChI is InChI=1S/C21H27O3P.Li.H/c1-6-19(21(22)20-15(4)12-14(3)13-16(20)5)24-17-8-10-18(11-9-17)25-23-7-2;;/h8-13,19,25H,6-7H2,1-5H3;;/q;+1;-1. The summed E-state index contributed by atoms with van der Waals surface area (Å²) in [4.78, 5) is 13.0. The van der Waals surface area contributed by atoms with Crippen LogP contribution >= 0.6 is 8.81 Å². The van der Waals surface area contributed by atoms with Crippen LogP contribution in [0.4, 0.5) is 0 Å². The Balaban J connectivity index is 0.00000338. The number of ether oxygens (including phenoxy) is 1. The molecule has 26 heavy (non-hydrogen) atoms. The van der Waals surface area contributed by atoms with Crippen molar-refractivity contribution in [3.8, 4) is 5.75 Å². The minimum absolute atomic E-state index is 0.